The number of halogens is 1. The molecule has 2 bridgehead atoms. The van der Waals surface area contributed by atoms with Crippen molar-refractivity contribution in [2.75, 3.05) is 13.1 Å². The second-order valence-corrected chi connectivity index (χ2v) is 15.4. The predicted molar refractivity (Wildman–Crippen MR) is 185 cm³/mol. The molecule has 5 aromatic rings. The number of carbonyl (C=O) groups excluding carboxylic acids is 2. The Morgan fingerprint density at radius 3 is 2.75 bits per heavy atom. The predicted octanol–water partition coefficient (Wildman–Crippen LogP) is 8.28. The van der Waals surface area contributed by atoms with Crippen LogP contribution in [-0.4, -0.2) is 56.1 Å². The van der Waals surface area contributed by atoms with Crippen molar-refractivity contribution in [1.82, 2.24) is 19.4 Å². The topological polar surface area (TPSA) is 91.5 Å². The van der Waals surface area contributed by atoms with E-state index in [1.54, 1.807) is 11.3 Å². The molecule has 6 heterocycles. The first-order valence-corrected chi connectivity index (χ1v) is 17.7. The first kappa shape index (κ1) is 30.8. The van der Waals surface area contributed by atoms with Gasteiger partial charge in [0.2, 0.25) is 5.91 Å². The molecule has 0 radical (unpaired) electrons. The third kappa shape index (κ3) is 4.85. The zero-order valence-electron chi connectivity index (χ0n) is 27.7. The van der Waals surface area contributed by atoms with Crippen LogP contribution in [-0.2, 0) is 22.5 Å². The maximum Gasteiger partial charge on any atom is 0.410 e. The number of aromatic nitrogens is 2. The highest BCUT2D eigenvalue weighted by atomic mass is 32.1. The van der Waals surface area contributed by atoms with E-state index in [1.807, 2.05) is 73.2 Å². The molecule has 0 spiro atoms. The minimum Gasteiger partial charge on any atom is -0.444 e. The number of rotatable bonds is 6. The normalized spacial score (nSPS) is 20.7. The first-order chi connectivity index (χ1) is 23.0. The smallest absolute Gasteiger partial charge is 0.410 e. The standard InChI is InChI=1S/C38H38FN5O3S/c1-21-26-17-24(19-42-14-8-12-31(42)45)44(35-23-16-29(35)43(18-23)37(46)47-38(2,3)4)36(26)27-15-22(9-7-13-40)32(33(39)34(27)41-21)28-20-48-30-11-6-5-10-25(28)30/h5-6,10-11,15,17,20,23,29,35H,7-9,12,14,16,18-19H2,1-4H3/t23-,29-,35+/m1/s1. The Morgan fingerprint density at radius 2 is 2.00 bits per heavy atom. The van der Waals surface area contributed by atoms with Crippen molar-refractivity contribution in [3.05, 3.63) is 64.5 Å². The number of pyridine rings is 1. The van der Waals surface area contributed by atoms with Crippen LogP contribution in [0.2, 0.25) is 0 Å². The van der Waals surface area contributed by atoms with Crippen LogP contribution in [0.1, 0.15) is 69.4 Å². The van der Waals surface area contributed by atoms with Gasteiger partial charge in [-0.15, -0.1) is 11.3 Å². The summed E-state index contributed by atoms with van der Waals surface area (Å²) in [5.74, 6) is -0.0464. The number of hydrogen-bond donors (Lipinski definition) is 0. The molecule has 10 heteroatoms. The summed E-state index contributed by atoms with van der Waals surface area (Å²) in [6.07, 6.45) is 2.57. The fourth-order valence-electron chi connectivity index (χ4n) is 8.22. The molecular formula is C38H38FN5O3S. The van der Waals surface area contributed by atoms with Crippen LogP contribution in [0.25, 0.3) is 43.0 Å². The molecule has 4 aliphatic rings. The second kappa shape index (κ2) is 11.3. The van der Waals surface area contributed by atoms with E-state index in [0.717, 1.165) is 50.7 Å². The van der Waals surface area contributed by atoms with Gasteiger partial charge < -0.3 is 19.1 Å². The number of thiophene rings is 1. The monoisotopic (exact) mass is 663 g/mol. The van der Waals surface area contributed by atoms with Crippen molar-refractivity contribution in [3.8, 4) is 17.2 Å². The first-order valence-electron chi connectivity index (χ1n) is 16.8. The Balaban J connectivity index is 1.35. The number of ether oxygens (including phenoxy) is 1. The van der Waals surface area contributed by atoms with Gasteiger partial charge in [0.1, 0.15) is 11.1 Å². The van der Waals surface area contributed by atoms with Crippen LogP contribution in [0.3, 0.4) is 0 Å². The number of nitrogens with zero attached hydrogens (tertiary/aromatic N) is 5. The molecule has 3 atom stereocenters. The lowest BCUT2D eigenvalue weighted by molar-refractivity contribution is -0.128. The molecule has 1 aliphatic carbocycles. The van der Waals surface area contributed by atoms with Gasteiger partial charge in [0.25, 0.3) is 0 Å². The highest BCUT2D eigenvalue weighted by Gasteiger charge is 2.56. The van der Waals surface area contributed by atoms with Crippen LogP contribution in [0.15, 0.2) is 41.8 Å². The van der Waals surface area contributed by atoms with Crippen molar-refractivity contribution in [2.45, 2.75) is 84.0 Å². The van der Waals surface area contributed by atoms with Crippen molar-refractivity contribution >= 4 is 55.2 Å². The lowest BCUT2D eigenvalue weighted by Crippen LogP contribution is -2.44. The van der Waals surface area contributed by atoms with Crippen molar-refractivity contribution in [3.63, 3.8) is 0 Å². The Labute approximate surface area is 282 Å². The van der Waals surface area contributed by atoms with E-state index in [2.05, 4.69) is 16.7 Å². The van der Waals surface area contributed by atoms with E-state index in [1.165, 1.54) is 0 Å². The maximum absolute atomic E-state index is 17.2. The molecule has 0 unspecified atom stereocenters. The highest BCUT2D eigenvalue weighted by molar-refractivity contribution is 7.17. The molecule has 3 aromatic heterocycles. The molecule has 246 valence electrons. The third-order valence-corrected chi connectivity index (χ3v) is 11.3. The molecule has 48 heavy (non-hydrogen) atoms. The van der Waals surface area contributed by atoms with E-state index in [0.29, 0.717) is 54.6 Å². The summed E-state index contributed by atoms with van der Waals surface area (Å²) in [5, 5.41) is 14.2. The third-order valence-electron chi connectivity index (χ3n) is 10.3. The van der Waals surface area contributed by atoms with E-state index < -0.39 is 5.60 Å². The van der Waals surface area contributed by atoms with Crippen LogP contribution in [0.4, 0.5) is 9.18 Å². The minimum absolute atomic E-state index is 0.0427. The zero-order chi connectivity index (χ0) is 33.5. The number of amides is 2. The summed E-state index contributed by atoms with van der Waals surface area (Å²) in [6.45, 7) is 9.28. The quantitative estimate of drug-likeness (QED) is 0.182. The molecule has 3 aliphatic heterocycles. The van der Waals surface area contributed by atoms with Gasteiger partial charge in [-0.3, -0.25) is 4.79 Å². The number of carbonyl (C=O) groups is 2. The summed E-state index contributed by atoms with van der Waals surface area (Å²) in [6, 6.07) is 14.3. The molecule has 2 aromatic carbocycles. The van der Waals surface area contributed by atoms with Crippen LogP contribution < -0.4 is 0 Å². The molecule has 3 saturated heterocycles. The molecule has 9 rings (SSSR count). The Kier molecular flexibility index (Phi) is 7.26. The molecule has 0 N–H and O–H groups in total. The van der Waals surface area contributed by atoms with E-state index in [-0.39, 0.29) is 42.2 Å². The van der Waals surface area contributed by atoms with Gasteiger partial charge >= 0.3 is 6.09 Å². The molecule has 4 fully saturated rings. The number of fused-ring (bicyclic) bond motifs is 5. The van der Waals surface area contributed by atoms with E-state index in [9.17, 15) is 14.9 Å². The van der Waals surface area contributed by atoms with Crippen LogP contribution in [0.5, 0.6) is 0 Å². The van der Waals surface area contributed by atoms with Gasteiger partial charge in [-0.05, 0) is 76.1 Å². The number of likely N-dealkylation sites (tertiary alicyclic amines) is 1. The van der Waals surface area contributed by atoms with E-state index >= 15 is 4.39 Å². The number of benzene rings is 2. The maximum atomic E-state index is 17.2. The van der Waals surface area contributed by atoms with Crippen molar-refractivity contribution in [2.24, 2.45) is 5.92 Å². The van der Waals surface area contributed by atoms with Gasteiger partial charge in [-0.2, -0.15) is 5.26 Å². The lowest BCUT2D eigenvalue weighted by atomic mass is 9.79. The molecule has 1 saturated carbocycles. The van der Waals surface area contributed by atoms with Gasteiger partial charge in [-0.25, -0.2) is 14.2 Å². The number of aryl methyl sites for hydroxylation is 2. The summed E-state index contributed by atoms with van der Waals surface area (Å²) < 4.78 is 26.4. The average molecular weight is 664 g/mol. The average Bonchev–Trinajstić information content (AvgIpc) is 3.86. The van der Waals surface area contributed by atoms with Crippen molar-refractivity contribution < 1.29 is 18.7 Å². The fraction of sp³-hybridized carbons (Fsp3) is 0.421. The van der Waals surface area contributed by atoms with Gasteiger partial charge in [0, 0.05) is 75.2 Å². The zero-order valence-corrected chi connectivity index (χ0v) is 28.5. The molecule has 2 amide bonds. The largest absolute Gasteiger partial charge is 0.444 e. The molecular weight excluding hydrogens is 626 g/mol. The van der Waals surface area contributed by atoms with Gasteiger partial charge in [0.15, 0.2) is 5.82 Å². The van der Waals surface area contributed by atoms with Gasteiger partial charge in [0.05, 0.1) is 30.2 Å². The van der Waals surface area contributed by atoms with E-state index in [4.69, 9.17) is 9.72 Å². The highest BCUT2D eigenvalue weighted by Crippen LogP contribution is 2.53. The minimum atomic E-state index is -0.608. The van der Waals surface area contributed by atoms with Crippen LogP contribution >= 0.6 is 11.3 Å². The fourth-order valence-corrected chi connectivity index (χ4v) is 9.17. The summed E-state index contributed by atoms with van der Waals surface area (Å²) in [4.78, 5) is 34.8. The SMILES string of the molecule is Cc1nc2c(F)c(-c3csc4ccccc34)c(CCC#N)cc2c2c1cc(CN1CCCC1=O)n2[C@H]1[C@@H]2C[C@H]1N(C(=O)OC(C)(C)C)C2. The number of nitriles is 1. The van der Waals surface area contributed by atoms with Gasteiger partial charge in [-0.1, -0.05) is 18.2 Å². The Morgan fingerprint density at radius 1 is 1.19 bits per heavy atom. The van der Waals surface area contributed by atoms with Crippen molar-refractivity contribution in [1.29, 1.82) is 5.26 Å². The molecule has 8 nitrogen and oxygen atoms in total. The lowest BCUT2D eigenvalue weighted by Gasteiger charge is -2.39. The summed E-state index contributed by atoms with van der Waals surface area (Å²) in [7, 11) is 0. The second-order valence-electron chi connectivity index (χ2n) is 14.5. The Hall–Kier alpha value is -4.49. The Bertz CT molecular complexity index is 2190. The number of hydrogen-bond acceptors (Lipinski definition) is 6. The van der Waals surface area contributed by atoms with Crippen LogP contribution in [0, 0.1) is 30.0 Å². The summed E-state index contributed by atoms with van der Waals surface area (Å²) in [5.41, 5.74) is 4.34. The summed E-state index contributed by atoms with van der Waals surface area (Å²) >= 11 is 1.58.